The third-order valence-electron chi connectivity index (χ3n) is 4.38. The number of benzene rings is 3. The topological polar surface area (TPSA) is 41.8 Å². The van der Waals surface area contributed by atoms with Crippen molar-refractivity contribution in [2.24, 2.45) is 10.2 Å². The number of carbonyl (C=O) groups excluding carboxylic acids is 1. The van der Waals surface area contributed by atoms with Crippen LogP contribution in [0.5, 0.6) is 0 Å². The van der Waals surface area contributed by atoms with Crippen molar-refractivity contribution in [1.29, 1.82) is 0 Å². The van der Waals surface area contributed by atoms with Gasteiger partial charge in [-0.25, -0.2) is 0 Å². The van der Waals surface area contributed by atoms with Crippen LogP contribution in [0.1, 0.15) is 38.2 Å². The highest BCUT2D eigenvalue weighted by Gasteiger charge is 2.16. The minimum atomic E-state index is -0.142. The Morgan fingerprint density at radius 2 is 1.30 bits per heavy atom. The van der Waals surface area contributed by atoms with Gasteiger partial charge in [0.2, 0.25) is 5.78 Å². The number of nitrogens with zero attached hydrogens (tertiary/aromatic N) is 2. The lowest BCUT2D eigenvalue weighted by atomic mass is 10.0. The van der Waals surface area contributed by atoms with Crippen LogP contribution in [0.3, 0.4) is 0 Å². The molecule has 0 amide bonds. The zero-order valence-electron chi connectivity index (χ0n) is 15.8. The summed E-state index contributed by atoms with van der Waals surface area (Å²) in [5.74, 6) is -0.142. The molecule has 0 aliphatic heterocycles. The highest BCUT2D eigenvalue weighted by Crippen LogP contribution is 2.15. The van der Waals surface area contributed by atoms with E-state index in [1.165, 1.54) is 5.56 Å². The van der Waals surface area contributed by atoms with E-state index in [2.05, 4.69) is 43.1 Å². The third-order valence-corrected chi connectivity index (χ3v) is 4.38. The van der Waals surface area contributed by atoms with Crippen molar-refractivity contribution in [2.45, 2.75) is 20.8 Å². The fourth-order valence-electron chi connectivity index (χ4n) is 3.10. The Morgan fingerprint density at radius 1 is 0.778 bits per heavy atom. The van der Waals surface area contributed by atoms with Crippen LogP contribution < -0.4 is 0 Å². The second-order valence-electron chi connectivity index (χ2n) is 6.57. The van der Waals surface area contributed by atoms with Gasteiger partial charge in [-0.15, -0.1) is 5.10 Å². The molecule has 0 spiro atoms. The summed E-state index contributed by atoms with van der Waals surface area (Å²) in [4.78, 5) is 13.0. The summed E-state index contributed by atoms with van der Waals surface area (Å²) in [6, 6.07) is 22.8. The molecule has 3 aromatic carbocycles. The van der Waals surface area contributed by atoms with Gasteiger partial charge in [-0.05, 0) is 31.9 Å². The smallest absolute Gasteiger partial charge is 0.213 e. The molecule has 0 saturated heterocycles. The molecular formula is C24H22N2O. The lowest BCUT2D eigenvalue weighted by Gasteiger charge is -2.06. The van der Waals surface area contributed by atoms with E-state index in [4.69, 9.17) is 0 Å². The Kier molecular flexibility index (Phi) is 5.72. The first-order chi connectivity index (χ1) is 13.1. The summed E-state index contributed by atoms with van der Waals surface area (Å²) < 4.78 is 0. The molecule has 3 heteroatoms. The predicted molar refractivity (Wildman–Crippen MR) is 112 cm³/mol. The van der Waals surface area contributed by atoms with E-state index in [1.807, 2.05) is 48.5 Å². The molecule has 0 radical (unpaired) electrons. The standard InChI is InChI=1S/C24H22N2O/c1-17-14-18(2)22(19(3)15-17)16-25-26-23(20-10-6-4-7-11-20)24(27)21-12-8-5-9-13-21/h4-16H,1-3H3/b25-16-,26-23-. The molecule has 3 nitrogen and oxygen atoms in total. The van der Waals surface area contributed by atoms with Crippen molar-refractivity contribution in [2.75, 3.05) is 0 Å². The molecule has 0 aliphatic rings. The van der Waals surface area contributed by atoms with Crippen LogP contribution in [-0.2, 0) is 0 Å². The van der Waals surface area contributed by atoms with Gasteiger partial charge in [0.15, 0.2) is 0 Å². The van der Waals surface area contributed by atoms with E-state index >= 15 is 0 Å². The van der Waals surface area contributed by atoms with Gasteiger partial charge >= 0.3 is 0 Å². The molecule has 27 heavy (non-hydrogen) atoms. The number of Topliss-reactive ketones (excluding diaryl/α,β-unsaturated/α-hetero) is 1. The van der Waals surface area contributed by atoms with Crippen LogP contribution in [0.15, 0.2) is 83.0 Å². The summed E-state index contributed by atoms with van der Waals surface area (Å²) in [6.07, 6.45) is 1.73. The van der Waals surface area contributed by atoms with Crippen LogP contribution in [-0.4, -0.2) is 17.7 Å². The lowest BCUT2D eigenvalue weighted by molar-refractivity contribution is 0.106. The zero-order valence-corrected chi connectivity index (χ0v) is 15.8. The lowest BCUT2D eigenvalue weighted by Crippen LogP contribution is -2.15. The Hall–Kier alpha value is -3.33. The maximum atomic E-state index is 13.0. The van der Waals surface area contributed by atoms with Crippen molar-refractivity contribution in [3.8, 4) is 0 Å². The number of hydrogen-bond donors (Lipinski definition) is 0. The number of hydrogen-bond acceptors (Lipinski definition) is 3. The summed E-state index contributed by atoms with van der Waals surface area (Å²) >= 11 is 0. The molecule has 0 saturated carbocycles. The minimum absolute atomic E-state index is 0.142. The van der Waals surface area contributed by atoms with E-state index in [-0.39, 0.29) is 5.78 Å². The van der Waals surface area contributed by atoms with Crippen molar-refractivity contribution in [3.05, 3.63) is 106 Å². The highest BCUT2D eigenvalue weighted by molar-refractivity contribution is 6.51. The van der Waals surface area contributed by atoms with Gasteiger partial charge in [0, 0.05) is 16.7 Å². The fourth-order valence-corrected chi connectivity index (χ4v) is 3.10. The first-order valence-electron chi connectivity index (χ1n) is 8.90. The predicted octanol–water partition coefficient (Wildman–Crippen LogP) is 5.32. The first kappa shape index (κ1) is 18.5. The van der Waals surface area contributed by atoms with Gasteiger partial charge in [-0.2, -0.15) is 5.10 Å². The summed E-state index contributed by atoms with van der Waals surface area (Å²) in [6.45, 7) is 6.18. The molecule has 0 atom stereocenters. The summed E-state index contributed by atoms with van der Waals surface area (Å²) in [7, 11) is 0. The summed E-state index contributed by atoms with van der Waals surface area (Å²) in [5.41, 5.74) is 6.21. The van der Waals surface area contributed by atoms with Crippen LogP contribution in [0.4, 0.5) is 0 Å². The van der Waals surface area contributed by atoms with Gasteiger partial charge in [0.05, 0.1) is 6.21 Å². The Morgan fingerprint density at radius 3 is 1.85 bits per heavy atom. The summed E-state index contributed by atoms with van der Waals surface area (Å²) in [5, 5.41) is 8.57. The van der Waals surface area contributed by atoms with E-state index in [0.717, 1.165) is 22.3 Å². The maximum Gasteiger partial charge on any atom is 0.213 e. The molecule has 0 bridgehead atoms. The molecule has 0 heterocycles. The third kappa shape index (κ3) is 4.45. The fraction of sp³-hybridized carbons (Fsp3) is 0.125. The molecule has 0 aliphatic carbocycles. The minimum Gasteiger partial charge on any atom is -0.287 e. The SMILES string of the molecule is Cc1cc(C)c(/C=N\N=C(/C(=O)c2ccccc2)c2ccccc2)c(C)c1. The molecular weight excluding hydrogens is 332 g/mol. The van der Waals surface area contributed by atoms with Gasteiger partial charge in [-0.3, -0.25) is 4.79 Å². The second-order valence-corrected chi connectivity index (χ2v) is 6.57. The Bertz CT molecular complexity index is 980. The van der Waals surface area contributed by atoms with Gasteiger partial charge < -0.3 is 0 Å². The molecule has 134 valence electrons. The number of aryl methyl sites for hydroxylation is 3. The molecule has 3 rings (SSSR count). The Balaban J connectivity index is 2.00. The van der Waals surface area contributed by atoms with Crippen molar-refractivity contribution in [1.82, 2.24) is 0 Å². The quantitative estimate of drug-likeness (QED) is 0.347. The van der Waals surface area contributed by atoms with E-state index in [0.29, 0.717) is 11.3 Å². The average Bonchev–Trinajstić information content (AvgIpc) is 2.68. The zero-order chi connectivity index (χ0) is 19.2. The molecule has 0 unspecified atom stereocenters. The largest absolute Gasteiger partial charge is 0.287 e. The second kappa shape index (κ2) is 8.37. The van der Waals surface area contributed by atoms with E-state index in [9.17, 15) is 4.79 Å². The van der Waals surface area contributed by atoms with Crippen LogP contribution >= 0.6 is 0 Å². The maximum absolute atomic E-state index is 13.0. The molecule has 3 aromatic rings. The molecule has 0 fully saturated rings. The van der Waals surface area contributed by atoms with E-state index in [1.54, 1.807) is 18.3 Å². The van der Waals surface area contributed by atoms with Gasteiger partial charge in [0.1, 0.15) is 5.71 Å². The molecule has 0 aromatic heterocycles. The first-order valence-corrected chi connectivity index (χ1v) is 8.90. The van der Waals surface area contributed by atoms with Crippen molar-refractivity contribution in [3.63, 3.8) is 0 Å². The van der Waals surface area contributed by atoms with Crippen LogP contribution in [0.2, 0.25) is 0 Å². The Labute approximate surface area is 160 Å². The van der Waals surface area contributed by atoms with Crippen LogP contribution in [0, 0.1) is 20.8 Å². The highest BCUT2D eigenvalue weighted by atomic mass is 16.1. The molecule has 0 N–H and O–H groups in total. The van der Waals surface area contributed by atoms with Crippen molar-refractivity contribution >= 4 is 17.7 Å². The normalized spacial score (nSPS) is 11.7. The monoisotopic (exact) mass is 354 g/mol. The van der Waals surface area contributed by atoms with Crippen LogP contribution in [0.25, 0.3) is 0 Å². The van der Waals surface area contributed by atoms with Gasteiger partial charge in [0.25, 0.3) is 0 Å². The number of rotatable bonds is 5. The number of ketones is 1. The van der Waals surface area contributed by atoms with Crippen molar-refractivity contribution < 1.29 is 4.79 Å². The number of carbonyl (C=O) groups is 1. The average molecular weight is 354 g/mol. The van der Waals surface area contributed by atoms with Gasteiger partial charge in [-0.1, -0.05) is 78.4 Å². The van der Waals surface area contributed by atoms with E-state index < -0.39 is 0 Å².